The monoisotopic (exact) mass is 256 g/mol. The third-order valence-electron chi connectivity index (χ3n) is 2.92. The maximum Gasteiger partial charge on any atom is 0.221 e. The number of hydrogen-bond donors (Lipinski definition) is 2. The minimum atomic E-state index is -0.270. The molecule has 1 aliphatic carbocycles. The van der Waals surface area contributed by atoms with E-state index in [2.05, 4.69) is 10.6 Å². The van der Waals surface area contributed by atoms with Crippen LogP contribution in [0, 0.1) is 0 Å². The van der Waals surface area contributed by atoms with Crippen molar-refractivity contribution in [2.75, 3.05) is 5.32 Å². The molecule has 19 heavy (non-hydrogen) atoms. The maximum absolute atomic E-state index is 11.8. The van der Waals surface area contributed by atoms with Crippen LogP contribution in [0.1, 0.15) is 6.92 Å². The Morgan fingerprint density at radius 3 is 2.95 bits per heavy atom. The van der Waals surface area contributed by atoms with Crippen LogP contribution in [-0.4, -0.2) is 17.7 Å². The third kappa shape index (κ3) is 2.10. The van der Waals surface area contributed by atoms with Crippen molar-refractivity contribution in [3.63, 3.8) is 0 Å². The molecule has 0 bridgehead atoms. The fourth-order valence-electron chi connectivity index (χ4n) is 2.10. The van der Waals surface area contributed by atoms with Crippen molar-refractivity contribution in [2.24, 2.45) is 0 Å². The van der Waals surface area contributed by atoms with Gasteiger partial charge in [0.2, 0.25) is 11.7 Å². The van der Waals surface area contributed by atoms with E-state index in [4.69, 9.17) is 4.74 Å². The lowest BCUT2D eigenvalue weighted by atomic mass is 10.0. The lowest BCUT2D eigenvalue weighted by Gasteiger charge is -2.30. The van der Waals surface area contributed by atoms with Gasteiger partial charge in [0, 0.05) is 13.0 Å². The van der Waals surface area contributed by atoms with Crippen LogP contribution in [0.25, 0.3) is 0 Å². The highest BCUT2D eigenvalue weighted by molar-refractivity contribution is 6.07. The Bertz CT molecular complexity index is 631. The van der Waals surface area contributed by atoms with E-state index in [9.17, 15) is 9.59 Å². The highest BCUT2D eigenvalue weighted by Crippen LogP contribution is 2.34. The van der Waals surface area contributed by atoms with Gasteiger partial charge in [-0.15, -0.1) is 0 Å². The predicted octanol–water partition coefficient (Wildman–Crippen LogP) is 1.35. The molecule has 0 saturated carbocycles. The van der Waals surface area contributed by atoms with E-state index >= 15 is 0 Å². The topological polar surface area (TPSA) is 67.4 Å². The zero-order valence-electron chi connectivity index (χ0n) is 10.3. The van der Waals surface area contributed by atoms with Gasteiger partial charge in [-0.25, -0.2) is 0 Å². The Morgan fingerprint density at radius 2 is 2.16 bits per heavy atom. The van der Waals surface area contributed by atoms with Crippen molar-refractivity contribution < 1.29 is 14.3 Å². The molecule has 2 aliphatic rings. The number of anilines is 1. The number of nitrogens with one attached hydrogen (secondary N) is 2. The highest BCUT2D eigenvalue weighted by atomic mass is 16.5. The summed E-state index contributed by atoms with van der Waals surface area (Å²) < 4.78 is 5.68. The predicted molar refractivity (Wildman–Crippen MR) is 69.5 cm³/mol. The SMILES string of the molecule is CC(=O)NC1=CC2Nc3ccccc3OC2=CC1=O. The Labute approximate surface area is 109 Å². The fraction of sp³-hybridized carbons (Fsp3) is 0.143. The Kier molecular flexibility index (Phi) is 2.59. The Morgan fingerprint density at radius 1 is 1.37 bits per heavy atom. The first-order valence-corrected chi connectivity index (χ1v) is 5.92. The highest BCUT2D eigenvalue weighted by Gasteiger charge is 2.28. The van der Waals surface area contributed by atoms with Gasteiger partial charge in [-0.05, 0) is 18.2 Å². The molecule has 0 radical (unpaired) electrons. The molecule has 5 heteroatoms. The summed E-state index contributed by atoms with van der Waals surface area (Å²) in [6.45, 7) is 1.37. The summed E-state index contributed by atoms with van der Waals surface area (Å²) in [6, 6.07) is 7.25. The van der Waals surface area contributed by atoms with Crippen molar-refractivity contribution in [3.05, 3.63) is 47.9 Å². The molecule has 1 aliphatic heterocycles. The zero-order chi connectivity index (χ0) is 13.4. The van der Waals surface area contributed by atoms with Crippen LogP contribution in [-0.2, 0) is 9.59 Å². The van der Waals surface area contributed by atoms with E-state index in [1.54, 1.807) is 6.08 Å². The molecule has 1 aromatic rings. The molecule has 5 nitrogen and oxygen atoms in total. The molecule has 0 spiro atoms. The normalized spacial score (nSPS) is 20.1. The van der Waals surface area contributed by atoms with Gasteiger partial charge in [0.05, 0.1) is 11.4 Å². The molecule has 1 heterocycles. The zero-order valence-corrected chi connectivity index (χ0v) is 10.3. The molecule has 1 aromatic carbocycles. The second kappa shape index (κ2) is 4.28. The van der Waals surface area contributed by atoms with E-state index < -0.39 is 0 Å². The van der Waals surface area contributed by atoms with Crippen molar-refractivity contribution >= 4 is 17.4 Å². The summed E-state index contributed by atoms with van der Waals surface area (Å²) in [4.78, 5) is 22.9. The molecule has 0 aromatic heterocycles. The number of para-hydroxylation sites is 2. The van der Waals surface area contributed by atoms with Gasteiger partial charge < -0.3 is 15.4 Å². The second-order valence-corrected chi connectivity index (χ2v) is 4.39. The van der Waals surface area contributed by atoms with Gasteiger partial charge in [-0.1, -0.05) is 12.1 Å². The van der Waals surface area contributed by atoms with Crippen molar-refractivity contribution in [1.29, 1.82) is 0 Å². The summed E-state index contributed by atoms with van der Waals surface area (Å²) in [5.74, 6) is 0.697. The van der Waals surface area contributed by atoms with Crippen molar-refractivity contribution in [1.82, 2.24) is 5.32 Å². The lowest BCUT2D eigenvalue weighted by molar-refractivity contribution is -0.120. The lowest BCUT2D eigenvalue weighted by Crippen LogP contribution is -2.35. The Balaban J connectivity index is 1.93. The van der Waals surface area contributed by atoms with Crippen LogP contribution >= 0.6 is 0 Å². The summed E-state index contributed by atoms with van der Waals surface area (Å²) in [6.07, 6.45) is 3.06. The summed E-state index contributed by atoms with van der Waals surface area (Å²) >= 11 is 0. The van der Waals surface area contributed by atoms with Crippen LogP contribution < -0.4 is 15.4 Å². The van der Waals surface area contributed by atoms with Crippen LogP contribution in [0.3, 0.4) is 0 Å². The number of benzene rings is 1. The number of hydrogen-bond acceptors (Lipinski definition) is 4. The van der Waals surface area contributed by atoms with Crippen LogP contribution in [0.15, 0.2) is 47.9 Å². The quantitative estimate of drug-likeness (QED) is 0.795. The number of ketones is 1. The number of amides is 1. The summed E-state index contributed by atoms with van der Waals surface area (Å²) in [7, 11) is 0. The summed E-state index contributed by atoms with van der Waals surface area (Å²) in [5, 5.41) is 5.77. The van der Waals surface area contributed by atoms with Gasteiger partial charge in [-0.3, -0.25) is 9.59 Å². The average Bonchev–Trinajstić information content (AvgIpc) is 2.37. The first-order chi connectivity index (χ1) is 9.13. The largest absolute Gasteiger partial charge is 0.457 e. The van der Waals surface area contributed by atoms with Crippen LogP contribution in [0.5, 0.6) is 5.75 Å². The molecule has 0 fully saturated rings. The number of ether oxygens (including phenoxy) is 1. The molecule has 3 rings (SSSR count). The minimum absolute atomic E-state index is 0.241. The average molecular weight is 256 g/mol. The first kappa shape index (κ1) is 11.5. The van der Waals surface area contributed by atoms with Gasteiger partial charge >= 0.3 is 0 Å². The number of fused-ring (bicyclic) bond motifs is 2. The van der Waals surface area contributed by atoms with Gasteiger partial charge in [0.1, 0.15) is 17.6 Å². The molecular weight excluding hydrogens is 244 g/mol. The number of allylic oxidation sites excluding steroid dienone is 1. The van der Waals surface area contributed by atoms with E-state index in [1.807, 2.05) is 24.3 Å². The second-order valence-electron chi connectivity index (χ2n) is 4.39. The van der Waals surface area contributed by atoms with E-state index in [0.717, 1.165) is 5.69 Å². The molecule has 1 unspecified atom stereocenters. The van der Waals surface area contributed by atoms with Gasteiger partial charge in [0.15, 0.2) is 0 Å². The first-order valence-electron chi connectivity index (χ1n) is 5.92. The van der Waals surface area contributed by atoms with Gasteiger partial charge in [-0.2, -0.15) is 0 Å². The van der Waals surface area contributed by atoms with E-state index in [1.165, 1.54) is 13.0 Å². The standard InChI is InChI=1S/C14H12N2O3/c1-8(17)15-10-6-11-14(7-12(10)18)19-13-5-3-2-4-9(13)16-11/h2-7,11,16H,1H3,(H,15,17). The smallest absolute Gasteiger partial charge is 0.221 e. The molecule has 2 N–H and O–H groups in total. The number of carbonyl (C=O) groups is 2. The van der Waals surface area contributed by atoms with E-state index in [-0.39, 0.29) is 23.4 Å². The van der Waals surface area contributed by atoms with Crippen molar-refractivity contribution in [2.45, 2.75) is 13.0 Å². The minimum Gasteiger partial charge on any atom is -0.457 e. The van der Waals surface area contributed by atoms with Crippen LogP contribution in [0.2, 0.25) is 0 Å². The molecule has 0 saturated heterocycles. The number of carbonyl (C=O) groups excluding carboxylic acids is 2. The third-order valence-corrected chi connectivity index (χ3v) is 2.92. The van der Waals surface area contributed by atoms with Gasteiger partial charge in [0.25, 0.3) is 0 Å². The fourth-order valence-corrected chi connectivity index (χ4v) is 2.10. The van der Waals surface area contributed by atoms with Crippen molar-refractivity contribution in [3.8, 4) is 5.75 Å². The molecular formula is C14H12N2O3. The molecule has 1 atom stereocenters. The van der Waals surface area contributed by atoms with Crippen LogP contribution in [0.4, 0.5) is 5.69 Å². The Hall–Kier alpha value is -2.56. The molecule has 96 valence electrons. The maximum atomic E-state index is 11.8. The summed E-state index contributed by atoms with van der Waals surface area (Å²) in [5.41, 5.74) is 1.13. The number of rotatable bonds is 1. The van der Waals surface area contributed by atoms with E-state index in [0.29, 0.717) is 11.5 Å². The molecule has 1 amide bonds.